The molecule has 0 saturated carbocycles. The number of nitrogens with zero attached hydrogens (tertiary/aromatic N) is 2. The van der Waals surface area contributed by atoms with E-state index in [2.05, 4.69) is 10.1 Å². The van der Waals surface area contributed by atoms with E-state index in [0.717, 1.165) is 16.2 Å². The van der Waals surface area contributed by atoms with E-state index in [4.69, 9.17) is 25.6 Å². The van der Waals surface area contributed by atoms with Gasteiger partial charge in [-0.25, -0.2) is 0 Å². The van der Waals surface area contributed by atoms with Crippen molar-refractivity contribution in [3.05, 3.63) is 52.2 Å². The third-order valence-electron chi connectivity index (χ3n) is 3.49. The molecule has 8 heteroatoms. The minimum absolute atomic E-state index is 0.0334. The highest BCUT2D eigenvalue weighted by Crippen LogP contribution is 2.22. The maximum absolute atomic E-state index is 11.8. The molecule has 0 fully saturated rings. The predicted molar refractivity (Wildman–Crippen MR) is 98.3 cm³/mol. The van der Waals surface area contributed by atoms with Crippen molar-refractivity contribution in [3.63, 3.8) is 0 Å². The van der Waals surface area contributed by atoms with Crippen molar-refractivity contribution < 1.29 is 18.8 Å². The molecule has 0 bridgehead atoms. The summed E-state index contributed by atoms with van der Waals surface area (Å²) in [5.74, 6) is 1.19. The average molecular weight is 393 g/mol. The SMILES string of the molecule is Cc1cc(Cl)ccc1OCCCC(=O)OCc1nc(-c2cccs2)no1. The van der Waals surface area contributed by atoms with Crippen LogP contribution in [-0.2, 0) is 16.1 Å². The number of benzene rings is 1. The van der Waals surface area contributed by atoms with Crippen molar-refractivity contribution in [2.75, 3.05) is 6.61 Å². The van der Waals surface area contributed by atoms with Crippen LogP contribution < -0.4 is 4.74 Å². The van der Waals surface area contributed by atoms with E-state index in [-0.39, 0.29) is 24.9 Å². The maximum atomic E-state index is 11.8. The topological polar surface area (TPSA) is 74.5 Å². The number of ether oxygens (including phenoxy) is 2. The number of carbonyl (C=O) groups excluding carboxylic acids is 1. The highest BCUT2D eigenvalue weighted by Gasteiger charge is 2.11. The number of aromatic nitrogens is 2. The van der Waals surface area contributed by atoms with E-state index in [0.29, 0.717) is 23.9 Å². The van der Waals surface area contributed by atoms with E-state index in [1.807, 2.05) is 36.6 Å². The average Bonchev–Trinajstić information content (AvgIpc) is 3.29. The van der Waals surface area contributed by atoms with Crippen LogP contribution in [0.3, 0.4) is 0 Å². The first kappa shape index (κ1) is 18.4. The fourth-order valence-electron chi connectivity index (χ4n) is 2.21. The lowest BCUT2D eigenvalue weighted by Crippen LogP contribution is -2.07. The lowest BCUT2D eigenvalue weighted by Gasteiger charge is -2.09. The fourth-order valence-corrected chi connectivity index (χ4v) is 3.08. The molecule has 0 unspecified atom stereocenters. The molecule has 0 amide bonds. The second-order valence-corrected chi connectivity index (χ2v) is 6.90. The predicted octanol–water partition coefficient (Wildman–Crippen LogP) is 4.66. The molecule has 26 heavy (non-hydrogen) atoms. The van der Waals surface area contributed by atoms with Crippen molar-refractivity contribution in [1.29, 1.82) is 0 Å². The van der Waals surface area contributed by atoms with Gasteiger partial charge < -0.3 is 14.0 Å². The summed E-state index contributed by atoms with van der Waals surface area (Å²) in [6.07, 6.45) is 0.795. The van der Waals surface area contributed by atoms with Gasteiger partial charge in [-0.15, -0.1) is 11.3 Å². The van der Waals surface area contributed by atoms with Gasteiger partial charge in [-0.3, -0.25) is 4.79 Å². The smallest absolute Gasteiger partial charge is 0.306 e. The van der Waals surface area contributed by atoms with Crippen LogP contribution in [0.4, 0.5) is 0 Å². The van der Waals surface area contributed by atoms with Gasteiger partial charge in [0, 0.05) is 11.4 Å². The summed E-state index contributed by atoms with van der Waals surface area (Å²) in [6.45, 7) is 2.30. The number of thiophene rings is 1. The van der Waals surface area contributed by atoms with Crippen molar-refractivity contribution >= 4 is 28.9 Å². The van der Waals surface area contributed by atoms with E-state index >= 15 is 0 Å². The van der Waals surface area contributed by atoms with E-state index in [1.54, 1.807) is 6.07 Å². The van der Waals surface area contributed by atoms with E-state index in [9.17, 15) is 4.79 Å². The Kier molecular flexibility index (Phi) is 6.25. The zero-order valence-electron chi connectivity index (χ0n) is 14.1. The summed E-state index contributed by atoms with van der Waals surface area (Å²) < 4.78 is 15.9. The Bertz CT molecular complexity index is 864. The summed E-state index contributed by atoms with van der Waals surface area (Å²) in [6, 6.07) is 9.22. The van der Waals surface area contributed by atoms with Crippen LogP contribution in [-0.4, -0.2) is 22.7 Å². The fraction of sp³-hybridized carbons (Fsp3) is 0.278. The normalized spacial score (nSPS) is 10.7. The molecule has 0 aliphatic rings. The van der Waals surface area contributed by atoms with Gasteiger partial charge in [0.1, 0.15) is 5.75 Å². The van der Waals surface area contributed by atoms with Gasteiger partial charge in [-0.2, -0.15) is 4.98 Å². The summed E-state index contributed by atoms with van der Waals surface area (Å²) in [4.78, 5) is 16.9. The Hall–Kier alpha value is -2.38. The van der Waals surface area contributed by atoms with Crippen LogP contribution in [0.1, 0.15) is 24.3 Å². The first-order valence-electron chi connectivity index (χ1n) is 8.03. The van der Waals surface area contributed by atoms with Gasteiger partial charge in [0.2, 0.25) is 5.82 Å². The van der Waals surface area contributed by atoms with Crippen molar-refractivity contribution in [2.45, 2.75) is 26.4 Å². The maximum Gasteiger partial charge on any atom is 0.306 e. The molecule has 3 aromatic rings. The molecule has 6 nitrogen and oxygen atoms in total. The molecule has 0 aliphatic carbocycles. The number of hydrogen-bond acceptors (Lipinski definition) is 7. The van der Waals surface area contributed by atoms with Crippen molar-refractivity contribution in [3.8, 4) is 16.5 Å². The second-order valence-electron chi connectivity index (χ2n) is 5.51. The number of hydrogen-bond donors (Lipinski definition) is 0. The summed E-state index contributed by atoms with van der Waals surface area (Å²) in [5, 5.41) is 6.46. The van der Waals surface area contributed by atoms with Gasteiger partial charge in [-0.1, -0.05) is 22.8 Å². The minimum Gasteiger partial charge on any atom is -0.493 e. The number of carbonyl (C=O) groups is 1. The molecule has 2 aromatic heterocycles. The molecule has 0 spiro atoms. The zero-order valence-corrected chi connectivity index (χ0v) is 15.7. The van der Waals surface area contributed by atoms with Gasteiger partial charge >= 0.3 is 5.97 Å². The molecular weight excluding hydrogens is 376 g/mol. The third kappa shape index (κ3) is 5.06. The van der Waals surface area contributed by atoms with Gasteiger partial charge in [-0.05, 0) is 48.6 Å². The first-order valence-corrected chi connectivity index (χ1v) is 9.28. The first-order chi connectivity index (χ1) is 12.6. The molecule has 1 aromatic carbocycles. The van der Waals surface area contributed by atoms with E-state index < -0.39 is 0 Å². The van der Waals surface area contributed by atoms with Crippen LogP contribution in [0.2, 0.25) is 5.02 Å². The van der Waals surface area contributed by atoms with Crippen LogP contribution in [0.25, 0.3) is 10.7 Å². The molecule has 3 rings (SSSR count). The van der Waals surface area contributed by atoms with Crippen molar-refractivity contribution in [2.24, 2.45) is 0 Å². The molecule has 136 valence electrons. The number of rotatable bonds is 8. The molecule has 2 heterocycles. The monoisotopic (exact) mass is 392 g/mol. The molecule has 0 atom stereocenters. The van der Waals surface area contributed by atoms with Gasteiger partial charge in [0.15, 0.2) is 6.61 Å². The van der Waals surface area contributed by atoms with Crippen molar-refractivity contribution in [1.82, 2.24) is 10.1 Å². The highest BCUT2D eigenvalue weighted by molar-refractivity contribution is 7.13. The summed E-state index contributed by atoms with van der Waals surface area (Å²) in [5.41, 5.74) is 0.956. The van der Waals surface area contributed by atoms with Crippen LogP contribution >= 0.6 is 22.9 Å². The molecule has 0 aliphatic heterocycles. The van der Waals surface area contributed by atoms with Crippen LogP contribution in [0, 0.1) is 6.92 Å². The highest BCUT2D eigenvalue weighted by atomic mass is 35.5. The lowest BCUT2D eigenvalue weighted by atomic mass is 10.2. The Balaban J connectivity index is 1.37. The Morgan fingerprint density at radius 1 is 1.35 bits per heavy atom. The van der Waals surface area contributed by atoms with E-state index in [1.165, 1.54) is 11.3 Å². The second kappa shape index (κ2) is 8.82. The number of esters is 1. The molecule has 0 radical (unpaired) electrons. The molecule has 0 saturated heterocycles. The van der Waals surface area contributed by atoms with Gasteiger partial charge in [0.25, 0.3) is 5.89 Å². The zero-order chi connectivity index (χ0) is 18.4. The molecule has 0 N–H and O–H groups in total. The quantitative estimate of drug-likeness (QED) is 0.410. The van der Waals surface area contributed by atoms with Crippen LogP contribution in [0.15, 0.2) is 40.2 Å². The lowest BCUT2D eigenvalue weighted by molar-refractivity contribution is -0.146. The Labute approximate surface area is 159 Å². The third-order valence-corrected chi connectivity index (χ3v) is 4.59. The number of aryl methyl sites for hydroxylation is 1. The van der Waals surface area contributed by atoms with Gasteiger partial charge in [0.05, 0.1) is 11.5 Å². The molecular formula is C18H17ClN2O4S. The Morgan fingerprint density at radius 2 is 2.23 bits per heavy atom. The summed E-state index contributed by atoms with van der Waals surface area (Å²) in [7, 11) is 0. The minimum atomic E-state index is -0.336. The van der Waals surface area contributed by atoms with Crippen LogP contribution in [0.5, 0.6) is 5.75 Å². The largest absolute Gasteiger partial charge is 0.493 e. The summed E-state index contributed by atoms with van der Waals surface area (Å²) >= 11 is 7.42. The Morgan fingerprint density at radius 3 is 3.00 bits per heavy atom. The number of halogens is 1. The standard InChI is InChI=1S/C18H17ClN2O4S/c1-12-10-13(19)6-7-14(12)23-8-2-5-17(22)24-11-16-20-18(21-25-16)15-4-3-9-26-15/h3-4,6-7,9-10H,2,5,8,11H2,1H3.